The summed E-state index contributed by atoms with van der Waals surface area (Å²) in [7, 11) is 0. The van der Waals surface area contributed by atoms with E-state index in [1.54, 1.807) is 0 Å². The Bertz CT molecular complexity index is 477. The molecule has 0 aromatic heterocycles. The van der Waals surface area contributed by atoms with Crippen molar-refractivity contribution in [3.05, 3.63) is 29.8 Å². The molecule has 1 fully saturated rings. The topological polar surface area (TPSA) is 64.8 Å². The van der Waals surface area contributed by atoms with E-state index in [1.165, 1.54) is 0 Å². The molecule has 0 spiro atoms. The minimum Gasteiger partial charge on any atom is -0.493 e. The molecule has 0 unspecified atom stereocenters. The van der Waals surface area contributed by atoms with Gasteiger partial charge >= 0.3 is 0 Å². The van der Waals surface area contributed by atoms with Crippen molar-refractivity contribution >= 4 is 18.3 Å². The third-order valence-corrected chi connectivity index (χ3v) is 3.85. The second kappa shape index (κ2) is 10.5. The fourth-order valence-electron chi connectivity index (χ4n) is 2.65. The van der Waals surface area contributed by atoms with Gasteiger partial charge in [0.05, 0.1) is 18.3 Å². The lowest BCUT2D eigenvalue weighted by Crippen LogP contribution is -2.41. The Morgan fingerprint density at radius 3 is 2.65 bits per heavy atom. The molecule has 0 atom stereocenters. The number of carbonyl (C=O) groups is 1. The molecule has 0 bridgehead atoms. The van der Waals surface area contributed by atoms with E-state index >= 15 is 0 Å². The number of benzene rings is 1. The Kier molecular flexibility index (Phi) is 8.99. The van der Waals surface area contributed by atoms with Crippen molar-refractivity contribution in [2.24, 2.45) is 5.73 Å². The number of amides is 1. The van der Waals surface area contributed by atoms with Gasteiger partial charge in [0.2, 0.25) is 0 Å². The van der Waals surface area contributed by atoms with E-state index in [0.29, 0.717) is 31.1 Å². The number of nitrogens with two attached hydrogens (primary N) is 1. The first-order chi connectivity index (χ1) is 10.8. The normalized spacial score (nSPS) is 15.1. The molecule has 1 aromatic carbocycles. The minimum absolute atomic E-state index is 0. The molecule has 23 heavy (non-hydrogen) atoms. The molecule has 1 aliphatic heterocycles. The van der Waals surface area contributed by atoms with Gasteiger partial charge in [-0.2, -0.15) is 0 Å². The van der Waals surface area contributed by atoms with Crippen LogP contribution in [0.25, 0.3) is 0 Å². The first-order valence-electron chi connectivity index (χ1n) is 8.09. The zero-order chi connectivity index (χ0) is 15.8. The van der Waals surface area contributed by atoms with Crippen molar-refractivity contribution in [3.8, 4) is 5.75 Å². The highest BCUT2D eigenvalue weighted by molar-refractivity contribution is 5.97. The first kappa shape index (κ1) is 19.7. The lowest BCUT2D eigenvalue weighted by Gasteiger charge is -2.32. The number of rotatable bonds is 7. The molecule has 130 valence electrons. The predicted molar refractivity (Wildman–Crippen MR) is 93.4 cm³/mol. The number of hydrogen-bond acceptors (Lipinski definition) is 4. The smallest absolute Gasteiger partial charge is 0.257 e. The van der Waals surface area contributed by atoms with Crippen LogP contribution in [0.3, 0.4) is 0 Å². The summed E-state index contributed by atoms with van der Waals surface area (Å²) in [5, 5.41) is 0. The average Bonchev–Trinajstić information content (AvgIpc) is 2.56. The molecule has 1 heterocycles. The van der Waals surface area contributed by atoms with Gasteiger partial charge < -0.3 is 20.1 Å². The first-order valence-corrected chi connectivity index (χ1v) is 8.09. The van der Waals surface area contributed by atoms with E-state index < -0.39 is 0 Å². The van der Waals surface area contributed by atoms with E-state index in [4.69, 9.17) is 15.2 Å². The van der Waals surface area contributed by atoms with E-state index in [9.17, 15) is 4.79 Å². The molecule has 0 aliphatic carbocycles. The van der Waals surface area contributed by atoms with Crippen molar-refractivity contribution in [1.29, 1.82) is 0 Å². The Balaban J connectivity index is 0.00000264. The van der Waals surface area contributed by atoms with Crippen LogP contribution in [0.2, 0.25) is 0 Å². The number of carbonyl (C=O) groups excluding carboxylic acids is 1. The van der Waals surface area contributed by atoms with Crippen LogP contribution in [-0.4, -0.2) is 49.8 Å². The monoisotopic (exact) mass is 342 g/mol. The summed E-state index contributed by atoms with van der Waals surface area (Å²) in [6.45, 7) is 5.31. The Hall–Kier alpha value is -1.30. The van der Waals surface area contributed by atoms with Crippen LogP contribution < -0.4 is 10.5 Å². The Morgan fingerprint density at radius 2 is 2.00 bits per heavy atom. The van der Waals surface area contributed by atoms with E-state index in [0.717, 1.165) is 32.4 Å². The van der Waals surface area contributed by atoms with Crippen LogP contribution in [0.4, 0.5) is 0 Å². The molecule has 0 saturated carbocycles. The summed E-state index contributed by atoms with van der Waals surface area (Å²) in [5.41, 5.74) is 6.11. The second-order valence-corrected chi connectivity index (χ2v) is 5.43. The van der Waals surface area contributed by atoms with Gasteiger partial charge in [-0.1, -0.05) is 12.1 Å². The van der Waals surface area contributed by atoms with Crippen molar-refractivity contribution < 1.29 is 14.3 Å². The van der Waals surface area contributed by atoms with Gasteiger partial charge in [-0.3, -0.25) is 4.79 Å². The van der Waals surface area contributed by atoms with E-state index in [-0.39, 0.29) is 24.4 Å². The molecule has 1 aliphatic rings. The largest absolute Gasteiger partial charge is 0.493 e. The quantitative estimate of drug-likeness (QED) is 0.773. The van der Waals surface area contributed by atoms with E-state index in [2.05, 4.69) is 0 Å². The number of para-hydroxylation sites is 1. The summed E-state index contributed by atoms with van der Waals surface area (Å²) in [4.78, 5) is 14.5. The van der Waals surface area contributed by atoms with Gasteiger partial charge in [-0.25, -0.2) is 0 Å². The Labute approximate surface area is 144 Å². The number of nitrogens with zero attached hydrogens (tertiary/aromatic N) is 1. The number of ether oxygens (including phenoxy) is 2. The second-order valence-electron chi connectivity index (χ2n) is 5.43. The van der Waals surface area contributed by atoms with E-state index in [1.807, 2.05) is 36.1 Å². The lowest BCUT2D eigenvalue weighted by atomic mass is 10.1. The maximum atomic E-state index is 12.7. The zero-order valence-corrected chi connectivity index (χ0v) is 14.5. The zero-order valence-electron chi connectivity index (χ0n) is 13.7. The molecule has 2 N–H and O–H groups in total. The summed E-state index contributed by atoms with van der Waals surface area (Å²) in [6.07, 6.45) is 2.90. The fourth-order valence-corrected chi connectivity index (χ4v) is 2.65. The van der Waals surface area contributed by atoms with Crippen molar-refractivity contribution in [3.63, 3.8) is 0 Å². The third-order valence-electron chi connectivity index (χ3n) is 3.85. The average molecular weight is 343 g/mol. The standard InChI is InChI=1S/C17H26N2O3.ClH/c1-2-21-16-7-4-3-6-15(16)17(20)19-11-8-14(9-12-19)22-13-5-10-18;/h3-4,6-7,14H,2,5,8-13,18H2,1H3;1H. The number of halogens is 1. The molecule has 1 saturated heterocycles. The molecule has 2 rings (SSSR count). The molecule has 0 radical (unpaired) electrons. The highest BCUT2D eigenvalue weighted by Gasteiger charge is 2.25. The van der Waals surface area contributed by atoms with Crippen LogP contribution in [0.5, 0.6) is 5.75 Å². The molecule has 1 aromatic rings. The maximum Gasteiger partial charge on any atom is 0.257 e. The van der Waals surface area contributed by atoms with Crippen molar-refractivity contribution in [2.45, 2.75) is 32.3 Å². The highest BCUT2D eigenvalue weighted by atomic mass is 35.5. The van der Waals surface area contributed by atoms with Gasteiger partial charge in [0, 0.05) is 19.7 Å². The van der Waals surface area contributed by atoms with Crippen LogP contribution >= 0.6 is 12.4 Å². The van der Waals surface area contributed by atoms with Crippen molar-refractivity contribution in [1.82, 2.24) is 4.90 Å². The molecule has 1 amide bonds. The number of piperidine rings is 1. The third kappa shape index (κ3) is 5.68. The predicted octanol–water partition coefficient (Wildman–Crippen LogP) is 2.48. The summed E-state index contributed by atoms with van der Waals surface area (Å²) in [6, 6.07) is 7.44. The summed E-state index contributed by atoms with van der Waals surface area (Å²) >= 11 is 0. The van der Waals surface area contributed by atoms with Crippen LogP contribution in [0.1, 0.15) is 36.5 Å². The number of likely N-dealkylation sites (tertiary alicyclic amines) is 1. The van der Waals surface area contributed by atoms with Gasteiger partial charge in [0.1, 0.15) is 5.75 Å². The van der Waals surface area contributed by atoms with Gasteiger partial charge in [0.15, 0.2) is 0 Å². The van der Waals surface area contributed by atoms with Gasteiger partial charge in [0.25, 0.3) is 5.91 Å². The van der Waals surface area contributed by atoms with Crippen molar-refractivity contribution in [2.75, 3.05) is 32.8 Å². The SMILES string of the molecule is CCOc1ccccc1C(=O)N1CCC(OCCCN)CC1.Cl. The highest BCUT2D eigenvalue weighted by Crippen LogP contribution is 2.22. The maximum absolute atomic E-state index is 12.7. The fraction of sp³-hybridized carbons (Fsp3) is 0.588. The van der Waals surface area contributed by atoms with Gasteiger partial charge in [-0.15, -0.1) is 12.4 Å². The molecular formula is C17H27ClN2O3. The summed E-state index contributed by atoms with van der Waals surface area (Å²) < 4.78 is 11.3. The lowest BCUT2D eigenvalue weighted by molar-refractivity contribution is 0.00837. The number of hydrogen-bond donors (Lipinski definition) is 1. The van der Waals surface area contributed by atoms with Crippen LogP contribution in [0, 0.1) is 0 Å². The van der Waals surface area contributed by atoms with Crippen LogP contribution in [-0.2, 0) is 4.74 Å². The van der Waals surface area contributed by atoms with Gasteiger partial charge in [-0.05, 0) is 44.9 Å². The van der Waals surface area contributed by atoms with Crippen LogP contribution in [0.15, 0.2) is 24.3 Å². The minimum atomic E-state index is 0. The molecule has 5 nitrogen and oxygen atoms in total. The summed E-state index contributed by atoms with van der Waals surface area (Å²) in [5.74, 6) is 0.709. The molecule has 6 heteroatoms. The molecular weight excluding hydrogens is 316 g/mol. The Morgan fingerprint density at radius 1 is 1.30 bits per heavy atom.